The van der Waals surface area contributed by atoms with Crippen molar-refractivity contribution in [3.63, 3.8) is 0 Å². The molecule has 96 valence electrons. The monoisotopic (exact) mass is 251 g/mol. The minimum Gasteiger partial charge on any atom is -0.368 e. The van der Waals surface area contributed by atoms with Crippen LogP contribution in [0.2, 0.25) is 0 Å². The van der Waals surface area contributed by atoms with Gasteiger partial charge in [0.25, 0.3) is 0 Å². The van der Waals surface area contributed by atoms with Gasteiger partial charge in [0.15, 0.2) is 0 Å². The summed E-state index contributed by atoms with van der Waals surface area (Å²) in [6, 6.07) is 15.0. The topological polar surface area (TPSA) is 39.1 Å². The van der Waals surface area contributed by atoms with Crippen LogP contribution in [0.1, 0.15) is 12.5 Å². The minimum atomic E-state index is 0.503. The zero-order valence-electron chi connectivity index (χ0n) is 11.1. The molecule has 1 aliphatic heterocycles. The van der Waals surface area contributed by atoms with E-state index in [-0.39, 0.29) is 0 Å². The fraction of sp³-hybridized carbons (Fsp3) is 0.312. The van der Waals surface area contributed by atoms with E-state index in [2.05, 4.69) is 35.3 Å². The van der Waals surface area contributed by atoms with E-state index in [1.807, 2.05) is 24.3 Å². The van der Waals surface area contributed by atoms with Gasteiger partial charge in [0.05, 0.1) is 11.6 Å². The van der Waals surface area contributed by atoms with E-state index in [1.54, 1.807) is 0 Å². The van der Waals surface area contributed by atoms with Crippen molar-refractivity contribution in [2.75, 3.05) is 24.5 Å². The van der Waals surface area contributed by atoms with Crippen LogP contribution in [-0.2, 0) is 0 Å². The van der Waals surface area contributed by atoms with Crippen molar-refractivity contribution in [1.29, 1.82) is 5.26 Å². The Morgan fingerprint density at radius 2 is 2.00 bits per heavy atom. The predicted octanol–water partition coefficient (Wildman–Crippen LogP) is 2.51. The Labute approximate surface area is 113 Å². The van der Waals surface area contributed by atoms with Gasteiger partial charge in [0.1, 0.15) is 0 Å². The number of piperazine rings is 1. The molecule has 19 heavy (non-hydrogen) atoms. The summed E-state index contributed by atoms with van der Waals surface area (Å²) >= 11 is 0. The maximum absolute atomic E-state index is 9.21. The van der Waals surface area contributed by atoms with E-state index in [9.17, 15) is 5.26 Å². The summed E-state index contributed by atoms with van der Waals surface area (Å²) in [5.41, 5.74) is 1.99. The second-order valence-electron chi connectivity index (χ2n) is 5.09. The smallest absolute Gasteiger partial charge is 0.0998 e. The van der Waals surface area contributed by atoms with Crippen LogP contribution in [0.15, 0.2) is 36.4 Å². The summed E-state index contributed by atoms with van der Waals surface area (Å²) in [6.07, 6.45) is 0. The Morgan fingerprint density at radius 1 is 1.21 bits per heavy atom. The number of nitriles is 1. The fourth-order valence-electron chi connectivity index (χ4n) is 2.81. The van der Waals surface area contributed by atoms with Crippen LogP contribution in [0, 0.1) is 11.3 Å². The minimum absolute atomic E-state index is 0.503. The zero-order chi connectivity index (χ0) is 13.2. The first-order valence-electron chi connectivity index (χ1n) is 6.70. The second-order valence-corrected chi connectivity index (χ2v) is 5.09. The molecule has 0 amide bonds. The summed E-state index contributed by atoms with van der Waals surface area (Å²) in [5.74, 6) is 0. The van der Waals surface area contributed by atoms with E-state index in [1.165, 1.54) is 11.1 Å². The molecular weight excluding hydrogens is 234 g/mol. The van der Waals surface area contributed by atoms with Crippen molar-refractivity contribution in [3.05, 3.63) is 42.0 Å². The second kappa shape index (κ2) is 4.91. The van der Waals surface area contributed by atoms with Crippen molar-refractivity contribution < 1.29 is 0 Å². The number of nitrogens with zero attached hydrogens (tertiary/aromatic N) is 2. The lowest BCUT2D eigenvalue weighted by molar-refractivity contribution is 0.485. The molecule has 1 N–H and O–H groups in total. The Morgan fingerprint density at radius 3 is 2.74 bits per heavy atom. The standard InChI is InChI=1S/C16H17N3/c1-12-11-19(9-8-18-12)16-7-6-13(10-17)14-4-2-3-5-15(14)16/h2-7,12,18H,8-9,11H2,1H3. The van der Waals surface area contributed by atoms with E-state index in [0.29, 0.717) is 6.04 Å². The number of nitrogens with one attached hydrogen (secondary N) is 1. The van der Waals surface area contributed by atoms with Crippen LogP contribution >= 0.6 is 0 Å². The van der Waals surface area contributed by atoms with Crippen LogP contribution in [-0.4, -0.2) is 25.7 Å². The number of benzene rings is 2. The summed E-state index contributed by atoms with van der Waals surface area (Å²) in [6.45, 7) is 5.24. The van der Waals surface area contributed by atoms with Crippen LogP contribution in [0.5, 0.6) is 0 Å². The first-order chi connectivity index (χ1) is 9.29. The quantitative estimate of drug-likeness (QED) is 0.846. The maximum atomic E-state index is 9.21. The molecule has 0 spiro atoms. The van der Waals surface area contributed by atoms with Crippen LogP contribution in [0.3, 0.4) is 0 Å². The molecule has 1 heterocycles. The number of fused-ring (bicyclic) bond motifs is 1. The lowest BCUT2D eigenvalue weighted by Gasteiger charge is -2.34. The van der Waals surface area contributed by atoms with Gasteiger partial charge in [0.2, 0.25) is 0 Å². The Bertz CT molecular complexity index is 642. The zero-order valence-corrected chi connectivity index (χ0v) is 11.1. The van der Waals surface area contributed by atoms with E-state index in [0.717, 1.165) is 30.6 Å². The average molecular weight is 251 g/mol. The highest BCUT2D eigenvalue weighted by Gasteiger charge is 2.18. The number of hydrogen-bond donors (Lipinski definition) is 1. The third-order valence-electron chi connectivity index (χ3n) is 3.73. The SMILES string of the molecule is CC1CN(c2ccc(C#N)c3ccccc23)CCN1. The Hall–Kier alpha value is -2.05. The van der Waals surface area contributed by atoms with Gasteiger partial charge in [-0.05, 0) is 19.1 Å². The van der Waals surface area contributed by atoms with Gasteiger partial charge in [-0.2, -0.15) is 5.26 Å². The van der Waals surface area contributed by atoms with E-state index >= 15 is 0 Å². The molecule has 0 aliphatic carbocycles. The van der Waals surface area contributed by atoms with Crippen LogP contribution < -0.4 is 10.2 Å². The molecule has 3 nitrogen and oxygen atoms in total. The first kappa shape index (κ1) is 12.0. The highest BCUT2D eigenvalue weighted by atomic mass is 15.2. The first-order valence-corrected chi connectivity index (χ1v) is 6.70. The molecule has 1 aliphatic rings. The molecule has 1 unspecified atom stereocenters. The van der Waals surface area contributed by atoms with E-state index < -0.39 is 0 Å². The van der Waals surface area contributed by atoms with Gasteiger partial charge in [-0.1, -0.05) is 24.3 Å². The molecule has 2 aromatic rings. The van der Waals surface area contributed by atoms with Crippen LogP contribution in [0.25, 0.3) is 10.8 Å². The highest BCUT2D eigenvalue weighted by molar-refractivity contribution is 5.97. The summed E-state index contributed by atoms with van der Waals surface area (Å²) < 4.78 is 0. The highest BCUT2D eigenvalue weighted by Crippen LogP contribution is 2.29. The predicted molar refractivity (Wildman–Crippen MR) is 78.3 cm³/mol. The normalized spacial score (nSPS) is 19.4. The van der Waals surface area contributed by atoms with Gasteiger partial charge < -0.3 is 10.2 Å². The van der Waals surface area contributed by atoms with Gasteiger partial charge in [0, 0.05) is 42.1 Å². The molecule has 0 aromatic heterocycles. The molecule has 3 rings (SSSR count). The number of rotatable bonds is 1. The van der Waals surface area contributed by atoms with Gasteiger partial charge in [-0.15, -0.1) is 0 Å². The molecule has 0 bridgehead atoms. The van der Waals surface area contributed by atoms with Crippen molar-refractivity contribution in [2.24, 2.45) is 0 Å². The van der Waals surface area contributed by atoms with Gasteiger partial charge in [-0.25, -0.2) is 0 Å². The summed E-state index contributed by atoms with van der Waals surface area (Å²) in [7, 11) is 0. The van der Waals surface area contributed by atoms with Crippen molar-refractivity contribution in [2.45, 2.75) is 13.0 Å². The lowest BCUT2D eigenvalue weighted by atomic mass is 10.0. The third kappa shape index (κ3) is 2.16. The molecule has 1 fully saturated rings. The molecule has 1 atom stereocenters. The molecule has 2 aromatic carbocycles. The van der Waals surface area contributed by atoms with Crippen molar-refractivity contribution in [3.8, 4) is 6.07 Å². The van der Waals surface area contributed by atoms with Gasteiger partial charge >= 0.3 is 0 Å². The number of hydrogen-bond acceptors (Lipinski definition) is 3. The molecule has 0 saturated carbocycles. The van der Waals surface area contributed by atoms with E-state index in [4.69, 9.17) is 0 Å². The third-order valence-corrected chi connectivity index (χ3v) is 3.73. The molecular formula is C16H17N3. The Kier molecular flexibility index (Phi) is 3.10. The van der Waals surface area contributed by atoms with Crippen molar-refractivity contribution in [1.82, 2.24) is 5.32 Å². The molecule has 3 heteroatoms. The summed E-state index contributed by atoms with van der Waals surface area (Å²) in [4.78, 5) is 2.41. The molecule has 1 saturated heterocycles. The number of anilines is 1. The summed E-state index contributed by atoms with van der Waals surface area (Å²) in [5, 5.41) is 14.9. The maximum Gasteiger partial charge on any atom is 0.0998 e. The fourth-order valence-corrected chi connectivity index (χ4v) is 2.81. The largest absolute Gasteiger partial charge is 0.368 e. The lowest BCUT2D eigenvalue weighted by Crippen LogP contribution is -2.49. The molecule has 0 radical (unpaired) electrons. The van der Waals surface area contributed by atoms with Gasteiger partial charge in [-0.3, -0.25) is 0 Å². The Balaban J connectivity index is 2.12. The average Bonchev–Trinajstić information content (AvgIpc) is 2.46. The van der Waals surface area contributed by atoms with Crippen molar-refractivity contribution >= 4 is 16.5 Å². The van der Waals surface area contributed by atoms with Crippen LogP contribution in [0.4, 0.5) is 5.69 Å².